The van der Waals surface area contributed by atoms with Crippen molar-refractivity contribution < 1.29 is 4.39 Å². The third-order valence-electron chi connectivity index (χ3n) is 3.95. The lowest BCUT2D eigenvalue weighted by Crippen LogP contribution is -1.98. The fraction of sp³-hybridized carbons (Fsp3) is 0.353. The molecule has 1 aliphatic carbocycles. The summed E-state index contributed by atoms with van der Waals surface area (Å²) in [5.74, 6) is 0.555. The largest absolute Gasteiger partial charge is 0.207 e. The van der Waals surface area contributed by atoms with Crippen molar-refractivity contribution in [2.24, 2.45) is 5.92 Å². The molecule has 1 nitrogen and oxygen atoms in total. The zero-order chi connectivity index (χ0) is 13.4. The smallest absolute Gasteiger partial charge is 0.127 e. The minimum absolute atomic E-state index is 0.0983. The maximum atomic E-state index is 14.1. The Balaban J connectivity index is 2.27. The quantitative estimate of drug-likeness (QED) is 0.797. The van der Waals surface area contributed by atoms with Gasteiger partial charge in [0.1, 0.15) is 5.82 Å². The highest BCUT2D eigenvalue weighted by Crippen LogP contribution is 2.37. The molecule has 0 aliphatic heterocycles. The van der Waals surface area contributed by atoms with Crippen LogP contribution >= 0.6 is 0 Å². The fourth-order valence-electron chi connectivity index (χ4n) is 2.76. The van der Waals surface area contributed by atoms with Crippen molar-refractivity contribution in [1.29, 1.82) is 5.26 Å². The molecule has 0 aromatic heterocycles. The zero-order valence-electron chi connectivity index (χ0n) is 11.0. The first-order chi connectivity index (χ1) is 9.22. The van der Waals surface area contributed by atoms with Gasteiger partial charge in [0, 0.05) is 0 Å². The van der Waals surface area contributed by atoms with E-state index in [1.54, 1.807) is 12.1 Å². The van der Waals surface area contributed by atoms with E-state index < -0.39 is 0 Å². The van der Waals surface area contributed by atoms with E-state index in [0.717, 1.165) is 34.7 Å². The summed E-state index contributed by atoms with van der Waals surface area (Å²) < 4.78 is 14.1. The number of rotatable bonds is 3. The maximum Gasteiger partial charge on any atom is 0.127 e. The van der Waals surface area contributed by atoms with E-state index in [0.29, 0.717) is 11.5 Å². The van der Waals surface area contributed by atoms with Crippen LogP contribution in [-0.4, -0.2) is 0 Å². The lowest BCUT2D eigenvalue weighted by Gasteiger charge is -2.12. The maximum absolute atomic E-state index is 14.1. The van der Waals surface area contributed by atoms with E-state index in [1.807, 2.05) is 12.1 Å². The SMILES string of the molecule is CCc1cc(C#N)cc2ccc(F)c(CC3CC3)c12. The molecule has 2 aromatic rings. The molecular weight excluding hydrogens is 237 g/mol. The van der Waals surface area contributed by atoms with Crippen molar-refractivity contribution in [2.45, 2.75) is 32.6 Å². The Morgan fingerprint density at radius 3 is 2.74 bits per heavy atom. The monoisotopic (exact) mass is 253 g/mol. The van der Waals surface area contributed by atoms with Gasteiger partial charge in [-0.1, -0.05) is 13.0 Å². The first-order valence-corrected chi connectivity index (χ1v) is 6.87. The molecule has 3 rings (SSSR count). The zero-order valence-corrected chi connectivity index (χ0v) is 11.0. The number of hydrogen-bond acceptors (Lipinski definition) is 1. The molecule has 0 bridgehead atoms. The Morgan fingerprint density at radius 1 is 1.32 bits per heavy atom. The summed E-state index contributed by atoms with van der Waals surface area (Å²) in [4.78, 5) is 0. The predicted molar refractivity (Wildman–Crippen MR) is 74.4 cm³/mol. The Morgan fingerprint density at radius 2 is 2.11 bits per heavy atom. The van der Waals surface area contributed by atoms with Crippen LogP contribution in [0.2, 0.25) is 0 Å². The summed E-state index contributed by atoms with van der Waals surface area (Å²) in [6.45, 7) is 2.06. The summed E-state index contributed by atoms with van der Waals surface area (Å²) in [5.41, 5.74) is 2.60. The first-order valence-electron chi connectivity index (χ1n) is 6.87. The van der Waals surface area contributed by atoms with Gasteiger partial charge in [0.05, 0.1) is 11.6 Å². The van der Waals surface area contributed by atoms with E-state index in [9.17, 15) is 4.39 Å². The van der Waals surface area contributed by atoms with E-state index in [1.165, 1.54) is 12.8 Å². The molecule has 0 unspecified atom stereocenters. The highest BCUT2D eigenvalue weighted by Gasteiger charge is 2.24. The molecule has 19 heavy (non-hydrogen) atoms. The van der Waals surface area contributed by atoms with Gasteiger partial charge in [0.25, 0.3) is 0 Å². The molecule has 0 spiro atoms. The normalized spacial score (nSPS) is 14.6. The van der Waals surface area contributed by atoms with E-state index in [2.05, 4.69) is 13.0 Å². The number of nitriles is 1. The Labute approximate surface area is 112 Å². The molecule has 96 valence electrons. The van der Waals surface area contributed by atoms with Crippen LogP contribution in [0.25, 0.3) is 10.8 Å². The van der Waals surface area contributed by atoms with Gasteiger partial charge in [-0.2, -0.15) is 5.26 Å². The van der Waals surface area contributed by atoms with Crippen molar-refractivity contribution in [3.63, 3.8) is 0 Å². The number of benzene rings is 2. The van der Waals surface area contributed by atoms with Gasteiger partial charge in [0.2, 0.25) is 0 Å². The molecule has 0 amide bonds. The number of hydrogen-bond donors (Lipinski definition) is 0. The molecule has 0 heterocycles. The van der Waals surface area contributed by atoms with Crippen molar-refractivity contribution >= 4 is 10.8 Å². The molecule has 1 fully saturated rings. The van der Waals surface area contributed by atoms with Gasteiger partial charge < -0.3 is 0 Å². The van der Waals surface area contributed by atoms with Crippen LogP contribution < -0.4 is 0 Å². The summed E-state index contributed by atoms with van der Waals surface area (Å²) in [7, 11) is 0. The lowest BCUT2D eigenvalue weighted by atomic mass is 9.93. The van der Waals surface area contributed by atoms with Gasteiger partial charge >= 0.3 is 0 Å². The minimum Gasteiger partial charge on any atom is -0.207 e. The van der Waals surface area contributed by atoms with Gasteiger partial charge in [0.15, 0.2) is 0 Å². The van der Waals surface area contributed by atoms with Gasteiger partial charge in [-0.05, 0) is 71.7 Å². The third kappa shape index (κ3) is 2.21. The molecule has 0 saturated heterocycles. The van der Waals surface area contributed by atoms with E-state index in [-0.39, 0.29) is 5.82 Å². The van der Waals surface area contributed by atoms with Crippen molar-refractivity contribution in [1.82, 2.24) is 0 Å². The summed E-state index contributed by atoms with van der Waals surface area (Å²) >= 11 is 0. The first kappa shape index (κ1) is 12.2. The average molecular weight is 253 g/mol. The molecule has 0 N–H and O–H groups in total. The van der Waals surface area contributed by atoms with Gasteiger partial charge in [-0.15, -0.1) is 0 Å². The molecule has 1 saturated carbocycles. The number of halogens is 1. The van der Waals surface area contributed by atoms with Crippen LogP contribution in [0.4, 0.5) is 4.39 Å². The van der Waals surface area contributed by atoms with Crippen LogP contribution in [0.5, 0.6) is 0 Å². The summed E-state index contributed by atoms with van der Waals surface area (Å²) in [5, 5.41) is 11.1. The number of aryl methyl sites for hydroxylation is 1. The second kappa shape index (κ2) is 4.66. The Bertz CT molecular complexity index is 678. The highest BCUT2D eigenvalue weighted by molar-refractivity contribution is 5.90. The molecule has 2 heteroatoms. The molecular formula is C17H16FN. The van der Waals surface area contributed by atoms with Crippen molar-refractivity contribution in [2.75, 3.05) is 0 Å². The molecule has 1 aliphatic rings. The van der Waals surface area contributed by atoms with E-state index >= 15 is 0 Å². The van der Waals surface area contributed by atoms with Crippen LogP contribution in [0, 0.1) is 23.1 Å². The summed E-state index contributed by atoms with van der Waals surface area (Å²) in [6.07, 6.45) is 4.09. The average Bonchev–Trinajstić information content (AvgIpc) is 3.24. The van der Waals surface area contributed by atoms with Crippen molar-refractivity contribution in [3.05, 3.63) is 46.8 Å². The van der Waals surface area contributed by atoms with Crippen LogP contribution in [-0.2, 0) is 12.8 Å². The fourth-order valence-corrected chi connectivity index (χ4v) is 2.76. The predicted octanol–water partition coefficient (Wildman–Crippen LogP) is 4.37. The van der Waals surface area contributed by atoms with Crippen LogP contribution in [0.3, 0.4) is 0 Å². The Hall–Kier alpha value is -1.88. The highest BCUT2D eigenvalue weighted by atomic mass is 19.1. The second-order valence-electron chi connectivity index (χ2n) is 5.37. The topological polar surface area (TPSA) is 23.8 Å². The van der Waals surface area contributed by atoms with E-state index in [4.69, 9.17) is 5.26 Å². The Kier molecular flexibility index (Phi) is 2.98. The minimum atomic E-state index is -0.0983. The van der Waals surface area contributed by atoms with Gasteiger partial charge in [-0.25, -0.2) is 4.39 Å². The standard InChI is InChI=1S/C17H16FN/c1-2-13-7-12(10-19)8-14-5-6-16(18)15(17(13)14)9-11-3-4-11/h5-8,11H,2-4,9H2,1H3. The lowest BCUT2D eigenvalue weighted by molar-refractivity contribution is 0.605. The third-order valence-corrected chi connectivity index (χ3v) is 3.95. The summed E-state index contributed by atoms with van der Waals surface area (Å²) in [6, 6.07) is 9.29. The van der Waals surface area contributed by atoms with Crippen LogP contribution in [0.15, 0.2) is 24.3 Å². The second-order valence-corrected chi connectivity index (χ2v) is 5.37. The van der Waals surface area contributed by atoms with Crippen LogP contribution in [0.1, 0.15) is 36.5 Å². The molecule has 0 atom stereocenters. The molecule has 2 aromatic carbocycles. The molecule has 0 radical (unpaired) electrons. The van der Waals surface area contributed by atoms with Gasteiger partial charge in [-0.3, -0.25) is 0 Å². The number of fused-ring (bicyclic) bond motifs is 1. The van der Waals surface area contributed by atoms with Crippen molar-refractivity contribution in [3.8, 4) is 6.07 Å². The number of nitrogens with zero attached hydrogens (tertiary/aromatic N) is 1.